The number of nitrogens with zero attached hydrogens (tertiary/aromatic N) is 1. The summed E-state index contributed by atoms with van der Waals surface area (Å²) in [4.78, 5) is 2.42. The minimum absolute atomic E-state index is 0.623. The lowest BCUT2D eigenvalue weighted by atomic mass is 10.1. The van der Waals surface area contributed by atoms with Crippen LogP contribution in [0, 0.1) is 11.8 Å². The van der Waals surface area contributed by atoms with Crippen LogP contribution in [-0.2, 0) is 4.74 Å². The van der Waals surface area contributed by atoms with Crippen molar-refractivity contribution >= 4 is 0 Å². The van der Waals surface area contributed by atoms with E-state index in [2.05, 4.69) is 37.9 Å². The van der Waals surface area contributed by atoms with Crippen LogP contribution in [0.5, 0.6) is 0 Å². The van der Waals surface area contributed by atoms with E-state index in [0.717, 1.165) is 6.61 Å². The Labute approximate surface area is 87.9 Å². The minimum atomic E-state index is 0.623. The fourth-order valence-corrected chi connectivity index (χ4v) is 2.07. The molecule has 0 aromatic rings. The molecule has 1 fully saturated rings. The maximum absolute atomic E-state index is 5.20. The lowest BCUT2D eigenvalue weighted by Gasteiger charge is -2.15. The SMILES string of the molecule is COCC1CC(/C=C/C(C)C)N(C)C1. The first-order valence-corrected chi connectivity index (χ1v) is 5.51. The van der Waals surface area contributed by atoms with Crippen molar-refractivity contribution in [1.82, 2.24) is 4.90 Å². The standard InChI is InChI=1S/C12H23NO/c1-10(2)5-6-12-7-11(9-14-4)8-13(12)3/h5-6,10-12H,7-9H2,1-4H3/b6-5+. The lowest BCUT2D eigenvalue weighted by molar-refractivity contribution is 0.155. The Morgan fingerprint density at radius 1 is 1.50 bits per heavy atom. The lowest BCUT2D eigenvalue weighted by Crippen LogP contribution is -2.23. The number of ether oxygens (including phenoxy) is 1. The maximum Gasteiger partial charge on any atom is 0.0503 e. The number of rotatable bonds is 4. The minimum Gasteiger partial charge on any atom is -0.384 e. The summed E-state index contributed by atoms with van der Waals surface area (Å²) in [5, 5.41) is 0. The van der Waals surface area contributed by atoms with Crippen LogP contribution < -0.4 is 0 Å². The Bertz CT molecular complexity index is 189. The summed E-state index contributed by atoms with van der Waals surface area (Å²) in [6.07, 6.45) is 5.89. The van der Waals surface area contributed by atoms with Crippen molar-refractivity contribution in [2.24, 2.45) is 11.8 Å². The van der Waals surface area contributed by atoms with Gasteiger partial charge in [0, 0.05) is 19.7 Å². The second kappa shape index (κ2) is 5.52. The highest BCUT2D eigenvalue weighted by Gasteiger charge is 2.27. The van der Waals surface area contributed by atoms with Crippen molar-refractivity contribution in [2.75, 3.05) is 27.3 Å². The first-order valence-electron chi connectivity index (χ1n) is 5.51. The van der Waals surface area contributed by atoms with Gasteiger partial charge in [0.25, 0.3) is 0 Å². The third kappa shape index (κ3) is 3.43. The third-order valence-electron chi connectivity index (χ3n) is 2.81. The first-order chi connectivity index (χ1) is 6.63. The Hall–Kier alpha value is -0.340. The molecule has 2 atom stereocenters. The number of hydrogen-bond acceptors (Lipinski definition) is 2. The molecule has 1 aliphatic heterocycles. The highest BCUT2D eigenvalue weighted by atomic mass is 16.5. The molecule has 1 heterocycles. The predicted octanol–water partition coefficient (Wildman–Crippen LogP) is 2.17. The molecule has 0 N–H and O–H groups in total. The van der Waals surface area contributed by atoms with Gasteiger partial charge in [0.1, 0.15) is 0 Å². The second-order valence-electron chi connectivity index (χ2n) is 4.69. The van der Waals surface area contributed by atoms with Crippen LogP contribution in [0.2, 0.25) is 0 Å². The predicted molar refractivity (Wildman–Crippen MR) is 60.4 cm³/mol. The smallest absolute Gasteiger partial charge is 0.0503 e. The summed E-state index contributed by atoms with van der Waals surface area (Å²) in [7, 11) is 3.99. The molecular formula is C12H23NO. The fraction of sp³-hybridized carbons (Fsp3) is 0.833. The molecule has 0 radical (unpaired) electrons. The van der Waals surface area contributed by atoms with Gasteiger partial charge >= 0.3 is 0 Å². The second-order valence-corrected chi connectivity index (χ2v) is 4.69. The van der Waals surface area contributed by atoms with E-state index in [0.29, 0.717) is 17.9 Å². The summed E-state index contributed by atoms with van der Waals surface area (Å²) in [6.45, 7) is 6.51. The van der Waals surface area contributed by atoms with E-state index >= 15 is 0 Å². The molecule has 0 bridgehead atoms. The van der Waals surface area contributed by atoms with Gasteiger partial charge in [-0.3, -0.25) is 4.90 Å². The van der Waals surface area contributed by atoms with E-state index in [1.54, 1.807) is 7.11 Å². The number of hydrogen-bond donors (Lipinski definition) is 0. The Morgan fingerprint density at radius 3 is 2.79 bits per heavy atom. The molecule has 1 aliphatic rings. The molecule has 2 nitrogen and oxygen atoms in total. The van der Waals surface area contributed by atoms with Crippen molar-refractivity contribution < 1.29 is 4.74 Å². The highest BCUT2D eigenvalue weighted by Crippen LogP contribution is 2.22. The molecule has 0 amide bonds. The van der Waals surface area contributed by atoms with Crippen molar-refractivity contribution in [2.45, 2.75) is 26.3 Å². The van der Waals surface area contributed by atoms with Crippen LogP contribution in [0.4, 0.5) is 0 Å². The number of likely N-dealkylation sites (tertiary alicyclic amines) is 1. The molecule has 1 saturated heterocycles. The van der Waals surface area contributed by atoms with E-state index < -0.39 is 0 Å². The van der Waals surface area contributed by atoms with Crippen molar-refractivity contribution in [3.8, 4) is 0 Å². The van der Waals surface area contributed by atoms with E-state index in [4.69, 9.17) is 4.74 Å². The molecule has 1 rings (SSSR count). The van der Waals surface area contributed by atoms with Gasteiger partial charge in [0.05, 0.1) is 6.61 Å². The zero-order valence-electron chi connectivity index (χ0n) is 9.86. The molecule has 0 aromatic heterocycles. The normalized spacial score (nSPS) is 29.5. The first kappa shape index (κ1) is 11.7. The molecular weight excluding hydrogens is 174 g/mol. The summed E-state index contributed by atoms with van der Waals surface area (Å²) in [6, 6.07) is 0.623. The summed E-state index contributed by atoms with van der Waals surface area (Å²) >= 11 is 0. The van der Waals surface area contributed by atoms with Crippen molar-refractivity contribution in [3.63, 3.8) is 0 Å². The van der Waals surface area contributed by atoms with Gasteiger partial charge in [-0.15, -0.1) is 0 Å². The average molecular weight is 197 g/mol. The molecule has 0 aromatic carbocycles. The number of methoxy groups -OCH3 is 1. The van der Waals surface area contributed by atoms with Gasteiger partial charge in [0.15, 0.2) is 0 Å². The van der Waals surface area contributed by atoms with E-state index in [-0.39, 0.29) is 0 Å². The van der Waals surface area contributed by atoms with Crippen LogP contribution in [0.25, 0.3) is 0 Å². The van der Waals surface area contributed by atoms with E-state index in [9.17, 15) is 0 Å². The van der Waals surface area contributed by atoms with Gasteiger partial charge in [-0.1, -0.05) is 26.0 Å². The Kier molecular flexibility index (Phi) is 4.63. The number of allylic oxidation sites excluding steroid dienone is 1. The summed E-state index contributed by atoms with van der Waals surface area (Å²) in [5.41, 5.74) is 0. The molecule has 2 heteroatoms. The van der Waals surface area contributed by atoms with Crippen molar-refractivity contribution in [1.29, 1.82) is 0 Å². The summed E-state index contributed by atoms with van der Waals surface area (Å²) in [5.74, 6) is 1.37. The van der Waals surface area contributed by atoms with Gasteiger partial charge in [-0.2, -0.15) is 0 Å². The van der Waals surface area contributed by atoms with Crippen LogP contribution in [0.1, 0.15) is 20.3 Å². The van der Waals surface area contributed by atoms with Gasteiger partial charge in [-0.05, 0) is 25.3 Å². The Balaban J connectivity index is 2.40. The highest BCUT2D eigenvalue weighted by molar-refractivity contribution is 4.99. The Morgan fingerprint density at radius 2 is 2.21 bits per heavy atom. The van der Waals surface area contributed by atoms with Crippen molar-refractivity contribution in [3.05, 3.63) is 12.2 Å². The molecule has 0 saturated carbocycles. The quantitative estimate of drug-likeness (QED) is 0.640. The third-order valence-corrected chi connectivity index (χ3v) is 2.81. The largest absolute Gasteiger partial charge is 0.384 e. The van der Waals surface area contributed by atoms with Crippen LogP contribution >= 0.6 is 0 Å². The van der Waals surface area contributed by atoms with Gasteiger partial charge < -0.3 is 4.74 Å². The molecule has 82 valence electrons. The zero-order chi connectivity index (χ0) is 10.6. The van der Waals surface area contributed by atoms with Gasteiger partial charge in [0.2, 0.25) is 0 Å². The van der Waals surface area contributed by atoms with Crippen LogP contribution in [0.3, 0.4) is 0 Å². The zero-order valence-corrected chi connectivity index (χ0v) is 9.86. The van der Waals surface area contributed by atoms with E-state index in [1.807, 2.05) is 0 Å². The molecule has 0 spiro atoms. The topological polar surface area (TPSA) is 12.5 Å². The molecule has 2 unspecified atom stereocenters. The van der Waals surface area contributed by atoms with E-state index in [1.165, 1.54) is 13.0 Å². The fourth-order valence-electron chi connectivity index (χ4n) is 2.07. The van der Waals surface area contributed by atoms with Crippen LogP contribution in [0.15, 0.2) is 12.2 Å². The monoisotopic (exact) mass is 197 g/mol. The van der Waals surface area contributed by atoms with Gasteiger partial charge in [-0.25, -0.2) is 0 Å². The maximum atomic E-state index is 5.20. The summed E-state index contributed by atoms with van der Waals surface area (Å²) < 4.78 is 5.20. The number of likely N-dealkylation sites (N-methyl/N-ethyl adjacent to an activating group) is 1. The molecule has 0 aliphatic carbocycles. The average Bonchev–Trinajstić information content (AvgIpc) is 2.44. The van der Waals surface area contributed by atoms with Crippen LogP contribution in [-0.4, -0.2) is 38.3 Å². The molecule has 14 heavy (non-hydrogen) atoms.